The molecular weight excluding hydrogens is 304 g/mol. The number of carbonyl (C=O) groups excluding carboxylic acids is 1. The number of urea groups is 1. The van der Waals surface area contributed by atoms with E-state index >= 15 is 0 Å². The zero-order chi connectivity index (χ0) is 17.9. The molecule has 1 saturated heterocycles. The number of methoxy groups -OCH3 is 1. The van der Waals surface area contributed by atoms with Gasteiger partial charge in [0.15, 0.2) is 0 Å². The average Bonchev–Trinajstić information content (AvgIpc) is 2.54. The van der Waals surface area contributed by atoms with Gasteiger partial charge in [-0.15, -0.1) is 0 Å². The van der Waals surface area contributed by atoms with E-state index in [2.05, 4.69) is 11.4 Å². The van der Waals surface area contributed by atoms with Crippen molar-refractivity contribution in [1.82, 2.24) is 4.90 Å². The standard InChI is InChI=1S/C18H26N4O2/c1-13-9-15(14(11-19)10-16(13)21(3)4)20-17(23)22-8-6-7-18(2,12-22)24-5/h9-10H,6-8,12H2,1-5H3,(H,20,23)/t18-/m1/s1. The summed E-state index contributed by atoms with van der Waals surface area (Å²) in [5, 5.41) is 12.3. The number of nitriles is 1. The molecule has 0 bridgehead atoms. The molecule has 1 aliphatic heterocycles. The minimum absolute atomic E-state index is 0.188. The van der Waals surface area contributed by atoms with Crippen LogP contribution in [0.25, 0.3) is 0 Å². The summed E-state index contributed by atoms with van der Waals surface area (Å²) in [7, 11) is 5.54. The van der Waals surface area contributed by atoms with Crippen LogP contribution >= 0.6 is 0 Å². The Morgan fingerprint density at radius 2 is 2.17 bits per heavy atom. The molecule has 0 spiro atoms. The predicted molar refractivity (Wildman–Crippen MR) is 95.5 cm³/mol. The molecule has 0 radical (unpaired) electrons. The second kappa shape index (κ2) is 7.10. The van der Waals surface area contributed by atoms with Crippen LogP contribution in [0.5, 0.6) is 0 Å². The number of aryl methyl sites for hydroxylation is 1. The van der Waals surface area contributed by atoms with Crippen LogP contribution in [0.15, 0.2) is 12.1 Å². The van der Waals surface area contributed by atoms with Gasteiger partial charge in [-0.05, 0) is 44.4 Å². The van der Waals surface area contributed by atoms with Crippen molar-refractivity contribution in [2.45, 2.75) is 32.3 Å². The van der Waals surface area contributed by atoms with Crippen LogP contribution in [0, 0.1) is 18.3 Å². The van der Waals surface area contributed by atoms with Gasteiger partial charge >= 0.3 is 6.03 Å². The largest absolute Gasteiger partial charge is 0.377 e. The van der Waals surface area contributed by atoms with Gasteiger partial charge in [0.1, 0.15) is 6.07 Å². The highest BCUT2D eigenvalue weighted by atomic mass is 16.5. The van der Waals surface area contributed by atoms with E-state index in [0.717, 1.165) is 24.1 Å². The lowest BCUT2D eigenvalue weighted by atomic mass is 9.95. The van der Waals surface area contributed by atoms with Gasteiger partial charge in [0.05, 0.1) is 23.4 Å². The zero-order valence-corrected chi connectivity index (χ0v) is 15.1. The van der Waals surface area contributed by atoms with Crippen molar-refractivity contribution in [3.05, 3.63) is 23.3 Å². The second-order valence-corrected chi connectivity index (χ2v) is 6.80. The zero-order valence-electron chi connectivity index (χ0n) is 15.1. The van der Waals surface area contributed by atoms with E-state index in [1.807, 2.05) is 38.9 Å². The van der Waals surface area contributed by atoms with E-state index in [0.29, 0.717) is 24.3 Å². The van der Waals surface area contributed by atoms with Crippen molar-refractivity contribution < 1.29 is 9.53 Å². The number of nitrogens with zero attached hydrogens (tertiary/aromatic N) is 3. The number of carbonyl (C=O) groups is 1. The number of likely N-dealkylation sites (tertiary alicyclic amines) is 1. The molecule has 1 fully saturated rings. The van der Waals surface area contributed by atoms with E-state index in [9.17, 15) is 10.1 Å². The van der Waals surface area contributed by atoms with E-state index in [4.69, 9.17) is 4.74 Å². The van der Waals surface area contributed by atoms with Crippen LogP contribution < -0.4 is 10.2 Å². The van der Waals surface area contributed by atoms with Gasteiger partial charge in [0, 0.05) is 33.4 Å². The van der Waals surface area contributed by atoms with Gasteiger partial charge in [0.2, 0.25) is 0 Å². The van der Waals surface area contributed by atoms with Gasteiger partial charge in [-0.3, -0.25) is 0 Å². The summed E-state index contributed by atoms with van der Waals surface area (Å²) in [5.41, 5.74) is 2.68. The molecule has 1 atom stereocenters. The summed E-state index contributed by atoms with van der Waals surface area (Å²) in [6.45, 7) is 5.23. The summed E-state index contributed by atoms with van der Waals surface area (Å²) in [6, 6.07) is 5.64. The lowest BCUT2D eigenvalue weighted by Crippen LogP contribution is -2.50. The van der Waals surface area contributed by atoms with Crippen LogP contribution in [0.1, 0.15) is 30.9 Å². The molecule has 0 saturated carbocycles. The van der Waals surface area contributed by atoms with E-state index in [1.165, 1.54) is 0 Å². The highest BCUT2D eigenvalue weighted by Gasteiger charge is 2.33. The predicted octanol–water partition coefficient (Wildman–Crippen LogP) is 2.97. The van der Waals surface area contributed by atoms with Crippen molar-refractivity contribution >= 4 is 17.4 Å². The Morgan fingerprint density at radius 1 is 1.46 bits per heavy atom. The number of rotatable bonds is 3. The lowest BCUT2D eigenvalue weighted by molar-refractivity contribution is -0.0389. The molecule has 1 aliphatic rings. The fourth-order valence-corrected chi connectivity index (χ4v) is 3.11. The summed E-state index contributed by atoms with van der Waals surface area (Å²) < 4.78 is 5.54. The number of ether oxygens (including phenoxy) is 1. The monoisotopic (exact) mass is 330 g/mol. The molecule has 1 aromatic carbocycles. The topological polar surface area (TPSA) is 68.6 Å². The summed E-state index contributed by atoms with van der Waals surface area (Å²) >= 11 is 0. The first-order valence-electron chi connectivity index (χ1n) is 8.13. The highest BCUT2D eigenvalue weighted by Crippen LogP contribution is 2.28. The number of piperidine rings is 1. The number of hydrogen-bond acceptors (Lipinski definition) is 4. The minimum atomic E-state index is -0.307. The smallest absolute Gasteiger partial charge is 0.321 e. The molecule has 2 amide bonds. The van der Waals surface area contributed by atoms with Crippen molar-refractivity contribution in [3.63, 3.8) is 0 Å². The number of anilines is 2. The molecule has 6 heteroatoms. The third-order valence-electron chi connectivity index (χ3n) is 4.62. The SMILES string of the molecule is CO[C@]1(C)CCCN(C(=O)Nc2cc(C)c(N(C)C)cc2C#N)C1. The first kappa shape index (κ1) is 18.1. The van der Waals surface area contributed by atoms with Crippen molar-refractivity contribution in [2.24, 2.45) is 0 Å². The normalized spacial score (nSPS) is 20.4. The fraction of sp³-hybridized carbons (Fsp3) is 0.556. The molecule has 1 aromatic rings. The van der Waals surface area contributed by atoms with E-state index in [-0.39, 0.29) is 11.6 Å². The van der Waals surface area contributed by atoms with Crippen LogP contribution in [-0.2, 0) is 4.74 Å². The van der Waals surface area contributed by atoms with Gasteiger partial charge in [-0.1, -0.05) is 0 Å². The van der Waals surface area contributed by atoms with Crippen LogP contribution in [-0.4, -0.2) is 50.8 Å². The third kappa shape index (κ3) is 3.80. The third-order valence-corrected chi connectivity index (χ3v) is 4.62. The Morgan fingerprint density at radius 3 is 2.75 bits per heavy atom. The van der Waals surface area contributed by atoms with Gasteiger partial charge in [0.25, 0.3) is 0 Å². The Kier molecular flexibility index (Phi) is 5.35. The summed E-state index contributed by atoms with van der Waals surface area (Å²) in [4.78, 5) is 16.3. The van der Waals surface area contributed by atoms with Gasteiger partial charge < -0.3 is 19.9 Å². The molecule has 1 heterocycles. The highest BCUT2D eigenvalue weighted by molar-refractivity contribution is 5.91. The number of hydrogen-bond donors (Lipinski definition) is 1. The first-order chi connectivity index (χ1) is 11.3. The molecular formula is C18H26N4O2. The Labute approximate surface area is 144 Å². The van der Waals surface area contributed by atoms with Crippen LogP contribution in [0.2, 0.25) is 0 Å². The van der Waals surface area contributed by atoms with Crippen molar-refractivity contribution in [2.75, 3.05) is 44.5 Å². The van der Waals surface area contributed by atoms with Crippen molar-refractivity contribution in [1.29, 1.82) is 5.26 Å². The maximum Gasteiger partial charge on any atom is 0.321 e. The van der Waals surface area contributed by atoms with E-state index < -0.39 is 0 Å². The molecule has 2 rings (SSSR count). The Balaban J connectivity index is 2.20. The summed E-state index contributed by atoms with van der Waals surface area (Å²) in [5.74, 6) is 0. The summed E-state index contributed by atoms with van der Waals surface area (Å²) in [6.07, 6.45) is 1.84. The van der Waals surface area contributed by atoms with Gasteiger partial charge in [-0.25, -0.2) is 4.79 Å². The maximum absolute atomic E-state index is 12.6. The number of amides is 2. The van der Waals surface area contributed by atoms with Crippen LogP contribution in [0.4, 0.5) is 16.2 Å². The molecule has 0 aromatic heterocycles. The lowest BCUT2D eigenvalue weighted by Gasteiger charge is -2.39. The van der Waals surface area contributed by atoms with Crippen molar-refractivity contribution in [3.8, 4) is 6.07 Å². The maximum atomic E-state index is 12.6. The minimum Gasteiger partial charge on any atom is -0.377 e. The second-order valence-electron chi connectivity index (χ2n) is 6.80. The number of nitrogens with one attached hydrogen (secondary N) is 1. The molecule has 130 valence electrons. The Hall–Kier alpha value is -2.26. The number of benzene rings is 1. The molecule has 24 heavy (non-hydrogen) atoms. The molecule has 0 unspecified atom stereocenters. The van der Waals surface area contributed by atoms with Gasteiger partial charge in [-0.2, -0.15) is 5.26 Å². The average molecular weight is 330 g/mol. The quantitative estimate of drug-likeness (QED) is 0.925. The Bertz CT molecular complexity index is 666. The first-order valence-corrected chi connectivity index (χ1v) is 8.13. The molecule has 6 nitrogen and oxygen atoms in total. The van der Waals surface area contributed by atoms with Crippen LogP contribution in [0.3, 0.4) is 0 Å². The fourth-order valence-electron chi connectivity index (χ4n) is 3.11. The van der Waals surface area contributed by atoms with E-state index in [1.54, 1.807) is 18.1 Å². The molecule has 0 aliphatic carbocycles. The molecule has 1 N–H and O–H groups in total.